The Hall–Kier alpha value is -2.45. The topological polar surface area (TPSA) is 138 Å². The van der Waals surface area contributed by atoms with Gasteiger partial charge in [-0.2, -0.15) is 0 Å². The number of thioether (sulfide) groups is 1. The molecule has 4 N–H and O–H groups in total. The zero-order valence-electron chi connectivity index (χ0n) is 21.0. The molecule has 3 aliphatic rings. The summed E-state index contributed by atoms with van der Waals surface area (Å²) in [6.45, 7) is 2.27. The molecular weight excluding hydrogens is 518 g/mol. The summed E-state index contributed by atoms with van der Waals surface area (Å²) in [7, 11) is 0. The molecule has 0 saturated heterocycles. The molecule has 2 heterocycles. The van der Waals surface area contributed by atoms with Gasteiger partial charge in [-0.25, -0.2) is 23.4 Å². The molecular formula is C25H32F2N6O4S. The summed E-state index contributed by atoms with van der Waals surface area (Å²) in [4.78, 5) is 9.37. The highest BCUT2D eigenvalue weighted by atomic mass is 32.2. The monoisotopic (exact) mass is 550 g/mol. The van der Waals surface area contributed by atoms with Crippen LogP contribution in [-0.4, -0.2) is 83.6 Å². The molecule has 6 atom stereocenters. The maximum Gasteiger partial charge on any atom is 0.191 e. The molecule has 2 saturated carbocycles. The minimum Gasteiger partial charge on any atom is -0.394 e. The first-order valence-electron chi connectivity index (χ1n) is 12.9. The Morgan fingerprint density at radius 1 is 1.16 bits per heavy atom. The van der Waals surface area contributed by atoms with E-state index in [9.17, 15) is 19.0 Å². The van der Waals surface area contributed by atoms with E-state index < -0.39 is 30.0 Å². The number of ether oxygens (including phenoxy) is 1. The van der Waals surface area contributed by atoms with Crippen LogP contribution in [-0.2, 0) is 11.3 Å². The lowest BCUT2D eigenvalue weighted by molar-refractivity contribution is -0.0635. The summed E-state index contributed by atoms with van der Waals surface area (Å²) in [6.07, 6.45) is 3.95. The highest BCUT2D eigenvalue weighted by molar-refractivity contribution is 7.99. The summed E-state index contributed by atoms with van der Waals surface area (Å²) < 4.78 is 34.3. The SMILES string of the molecule is CCCSc1nc(NC2CC2C2=CC=C(F)C(F)=CC2)c2nnn(CC3CC(OCCO)C(O)C3O)c2n1. The zero-order valence-corrected chi connectivity index (χ0v) is 21.8. The molecule has 6 unspecified atom stereocenters. The lowest BCUT2D eigenvalue weighted by Crippen LogP contribution is -2.33. The third kappa shape index (κ3) is 5.76. The first-order valence-corrected chi connectivity index (χ1v) is 13.9. The second-order valence-corrected chi connectivity index (χ2v) is 10.9. The fourth-order valence-electron chi connectivity index (χ4n) is 5.02. The van der Waals surface area contributed by atoms with Crippen LogP contribution in [0.15, 0.2) is 40.6 Å². The number of fused-ring (bicyclic) bond motifs is 1. The van der Waals surface area contributed by atoms with E-state index in [1.54, 1.807) is 10.8 Å². The van der Waals surface area contributed by atoms with E-state index >= 15 is 0 Å². The Morgan fingerprint density at radius 3 is 2.79 bits per heavy atom. The molecule has 0 spiro atoms. The quantitative estimate of drug-likeness (QED) is 0.244. The zero-order chi connectivity index (χ0) is 26.8. The molecule has 2 aromatic rings. The fourth-order valence-corrected chi connectivity index (χ4v) is 5.71. The van der Waals surface area contributed by atoms with E-state index in [0.29, 0.717) is 35.0 Å². The van der Waals surface area contributed by atoms with Crippen LogP contribution >= 0.6 is 11.8 Å². The molecule has 13 heteroatoms. The van der Waals surface area contributed by atoms with Crippen molar-refractivity contribution in [2.75, 3.05) is 24.3 Å². The van der Waals surface area contributed by atoms with Crippen molar-refractivity contribution in [3.05, 3.63) is 35.5 Å². The van der Waals surface area contributed by atoms with Gasteiger partial charge in [0, 0.05) is 23.6 Å². The number of rotatable bonds is 11. The summed E-state index contributed by atoms with van der Waals surface area (Å²) in [6, 6.07) is 0.0378. The third-order valence-corrected chi connectivity index (χ3v) is 8.19. The van der Waals surface area contributed by atoms with Crippen LogP contribution in [0.4, 0.5) is 14.6 Å². The molecule has 0 aromatic carbocycles. The normalized spacial score (nSPS) is 29.2. The van der Waals surface area contributed by atoms with E-state index in [-0.39, 0.29) is 37.6 Å². The van der Waals surface area contributed by atoms with Crippen molar-refractivity contribution in [3.8, 4) is 0 Å². The molecule has 0 radical (unpaired) electrons. The number of aliphatic hydroxyl groups is 3. The predicted octanol–water partition coefficient (Wildman–Crippen LogP) is 2.68. The van der Waals surface area contributed by atoms with Gasteiger partial charge in [-0.15, -0.1) is 5.10 Å². The second-order valence-electron chi connectivity index (χ2n) is 9.86. The lowest BCUT2D eigenvalue weighted by Gasteiger charge is -2.17. The number of aromatic nitrogens is 5. The van der Waals surface area contributed by atoms with Crippen LogP contribution in [0.2, 0.25) is 0 Å². The average molecular weight is 551 g/mol. The minimum atomic E-state index is -1.06. The maximum atomic E-state index is 13.6. The number of anilines is 1. The van der Waals surface area contributed by atoms with Gasteiger partial charge >= 0.3 is 0 Å². The van der Waals surface area contributed by atoms with Crippen molar-refractivity contribution >= 4 is 28.7 Å². The molecule has 206 valence electrons. The van der Waals surface area contributed by atoms with Gasteiger partial charge in [-0.05, 0) is 37.8 Å². The summed E-state index contributed by atoms with van der Waals surface area (Å²) in [5.41, 5.74) is 1.96. The number of aliphatic hydroxyl groups excluding tert-OH is 3. The van der Waals surface area contributed by atoms with E-state index in [0.717, 1.165) is 24.2 Å². The van der Waals surface area contributed by atoms with Gasteiger partial charge in [0.1, 0.15) is 6.10 Å². The number of hydrogen-bond acceptors (Lipinski definition) is 10. The van der Waals surface area contributed by atoms with Gasteiger partial charge in [0.15, 0.2) is 33.8 Å². The van der Waals surface area contributed by atoms with Gasteiger partial charge in [-0.3, -0.25) is 0 Å². The van der Waals surface area contributed by atoms with Crippen LogP contribution in [0.1, 0.15) is 32.6 Å². The molecule has 2 aromatic heterocycles. The fraction of sp³-hybridized carbons (Fsp3) is 0.600. The summed E-state index contributed by atoms with van der Waals surface area (Å²) in [5.74, 6) is -0.533. The Bertz CT molecular complexity index is 1250. The number of hydrogen-bond donors (Lipinski definition) is 4. The van der Waals surface area contributed by atoms with E-state index in [4.69, 9.17) is 9.84 Å². The Morgan fingerprint density at radius 2 is 2.00 bits per heavy atom. The summed E-state index contributed by atoms with van der Waals surface area (Å²) in [5, 5.41) is 42.6. The highest BCUT2D eigenvalue weighted by Gasteiger charge is 2.43. The largest absolute Gasteiger partial charge is 0.394 e. The average Bonchev–Trinajstić information content (AvgIpc) is 3.52. The molecule has 10 nitrogen and oxygen atoms in total. The van der Waals surface area contributed by atoms with E-state index in [2.05, 4.69) is 32.5 Å². The van der Waals surface area contributed by atoms with Crippen LogP contribution in [0, 0.1) is 11.8 Å². The Labute approximate surface area is 222 Å². The van der Waals surface area contributed by atoms with Crippen molar-refractivity contribution in [3.63, 3.8) is 0 Å². The predicted molar refractivity (Wildman–Crippen MR) is 138 cm³/mol. The van der Waals surface area contributed by atoms with Crippen LogP contribution < -0.4 is 5.32 Å². The van der Waals surface area contributed by atoms with Gasteiger partial charge < -0.3 is 25.4 Å². The Kier molecular flexibility index (Phi) is 8.38. The van der Waals surface area contributed by atoms with Crippen molar-refractivity contribution in [1.82, 2.24) is 25.0 Å². The van der Waals surface area contributed by atoms with Crippen molar-refractivity contribution in [2.24, 2.45) is 11.8 Å². The second kappa shape index (κ2) is 11.7. The lowest BCUT2D eigenvalue weighted by atomic mass is 10.1. The molecule has 0 aliphatic heterocycles. The Balaban J connectivity index is 1.35. The van der Waals surface area contributed by atoms with Gasteiger partial charge in [-0.1, -0.05) is 35.5 Å². The van der Waals surface area contributed by atoms with Crippen molar-refractivity contribution < 1.29 is 28.8 Å². The highest BCUT2D eigenvalue weighted by Crippen LogP contribution is 2.43. The van der Waals surface area contributed by atoms with Gasteiger partial charge in [0.25, 0.3) is 0 Å². The van der Waals surface area contributed by atoms with Gasteiger partial charge in [0.2, 0.25) is 0 Å². The molecule has 5 rings (SSSR count). The first kappa shape index (κ1) is 27.1. The third-order valence-electron chi connectivity index (χ3n) is 7.13. The summed E-state index contributed by atoms with van der Waals surface area (Å²) >= 11 is 1.52. The van der Waals surface area contributed by atoms with E-state index in [1.165, 1.54) is 23.9 Å². The molecule has 2 fully saturated rings. The number of halogens is 2. The van der Waals surface area contributed by atoms with Crippen molar-refractivity contribution in [2.45, 2.75) is 68.7 Å². The number of nitrogens with zero attached hydrogens (tertiary/aromatic N) is 5. The van der Waals surface area contributed by atoms with Crippen LogP contribution in [0.5, 0.6) is 0 Å². The van der Waals surface area contributed by atoms with Crippen LogP contribution in [0.25, 0.3) is 11.2 Å². The molecule has 38 heavy (non-hydrogen) atoms. The van der Waals surface area contributed by atoms with Gasteiger partial charge in [0.05, 0.1) is 32.0 Å². The number of nitrogens with one attached hydrogen (secondary N) is 1. The molecule has 0 amide bonds. The minimum absolute atomic E-state index is 0.0378. The smallest absolute Gasteiger partial charge is 0.191 e. The van der Waals surface area contributed by atoms with Crippen molar-refractivity contribution in [1.29, 1.82) is 0 Å². The standard InChI is InChI=1S/C25H32F2N6O4S/c1-2-9-38-25-29-23(28-18-11-15(18)13-3-5-16(26)17(27)6-4-13)20-24(30-25)33(32-31-20)12-14-10-19(37-8-7-34)22(36)21(14)35/h3,5-6,14-15,18-19,21-22,34-36H,2,4,7-12H2,1H3,(H,28,29,30). The molecule has 0 bridgehead atoms. The first-order chi connectivity index (χ1) is 18.4. The van der Waals surface area contributed by atoms with E-state index in [1.807, 2.05) is 0 Å². The number of allylic oxidation sites excluding steroid dienone is 5. The van der Waals surface area contributed by atoms with Crippen LogP contribution in [0.3, 0.4) is 0 Å². The maximum absolute atomic E-state index is 13.6. The molecule has 3 aliphatic carbocycles.